The predicted octanol–water partition coefficient (Wildman–Crippen LogP) is 2.43. The van der Waals surface area contributed by atoms with Crippen molar-refractivity contribution < 1.29 is 9.90 Å². The van der Waals surface area contributed by atoms with Crippen LogP contribution in [0.1, 0.15) is 19.8 Å². The van der Waals surface area contributed by atoms with E-state index in [-0.39, 0.29) is 0 Å². The van der Waals surface area contributed by atoms with Gasteiger partial charge in [-0.1, -0.05) is 31.5 Å². The lowest BCUT2D eigenvalue weighted by Crippen LogP contribution is -1.75. The van der Waals surface area contributed by atoms with Crippen LogP contribution in [0.2, 0.25) is 0 Å². The van der Waals surface area contributed by atoms with E-state index in [0.717, 1.165) is 12.8 Å². The number of aliphatic hydroxyl groups is 1. The number of hydrogen-bond acceptors (Lipinski definition) is 3. The van der Waals surface area contributed by atoms with E-state index < -0.39 is 0 Å². The minimum atomic E-state index is 0.344. The highest BCUT2D eigenvalue weighted by Crippen LogP contribution is 2.06. The number of aliphatic imine (C=N–C) groups is 1. The molecule has 0 spiro atoms. The molecule has 0 radical (unpaired) electrons. The quantitative estimate of drug-likeness (QED) is 0.592. The molecule has 0 heterocycles. The standard InChI is InChI=1S/C7H5NO.C4H10O/c9-6-8-7-4-2-1-3-5-7;1-2-3-4-5/h1-5H;5H,2-4H2,1H3. The Kier molecular flexibility index (Phi) is 8.65. The number of aliphatic hydroxyl groups excluding tert-OH is 1. The van der Waals surface area contributed by atoms with Crippen LogP contribution in [0.5, 0.6) is 0 Å². The zero-order valence-corrected chi connectivity index (χ0v) is 8.31. The molecule has 0 aliphatic heterocycles. The van der Waals surface area contributed by atoms with Crippen molar-refractivity contribution in [3.8, 4) is 0 Å². The van der Waals surface area contributed by atoms with Crippen molar-refractivity contribution in [3.63, 3.8) is 0 Å². The summed E-state index contributed by atoms with van der Waals surface area (Å²) in [5.41, 5.74) is 0.646. The normalized spacial score (nSPS) is 8.14. The predicted molar refractivity (Wildman–Crippen MR) is 56.2 cm³/mol. The summed E-state index contributed by atoms with van der Waals surface area (Å²) in [7, 11) is 0. The van der Waals surface area contributed by atoms with Crippen LogP contribution >= 0.6 is 0 Å². The molecule has 3 heteroatoms. The number of para-hydroxylation sites is 1. The smallest absolute Gasteiger partial charge is 0.240 e. The summed E-state index contributed by atoms with van der Waals surface area (Å²) in [6.45, 7) is 2.40. The fraction of sp³-hybridized carbons (Fsp3) is 0.364. The lowest BCUT2D eigenvalue weighted by molar-refractivity contribution is 0.287. The van der Waals surface area contributed by atoms with Gasteiger partial charge in [0.25, 0.3) is 0 Å². The Balaban J connectivity index is 0.000000292. The van der Waals surface area contributed by atoms with Crippen molar-refractivity contribution in [1.29, 1.82) is 0 Å². The van der Waals surface area contributed by atoms with Crippen molar-refractivity contribution in [2.45, 2.75) is 19.8 Å². The van der Waals surface area contributed by atoms with E-state index in [4.69, 9.17) is 5.11 Å². The first-order chi connectivity index (χ1) is 6.85. The van der Waals surface area contributed by atoms with E-state index in [1.165, 1.54) is 6.08 Å². The molecular weight excluding hydrogens is 178 g/mol. The zero-order valence-electron chi connectivity index (χ0n) is 8.31. The van der Waals surface area contributed by atoms with Crippen LogP contribution < -0.4 is 0 Å². The van der Waals surface area contributed by atoms with Crippen molar-refractivity contribution in [2.24, 2.45) is 4.99 Å². The van der Waals surface area contributed by atoms with E-state index in [1.54, 1.807) is 12.1 Å². The summed E-state index contributed by atoms with van der Waals surface area (Å²) >= 11 is 0. The van der Waals surface area contributed by atoms with Crippen molar-refractivity contribution in [3.05, 3.63) is 30.3 Å². The monoisotopic (exact) mass is 193 g/mol. The summed E-state index contributed by atoms with van der Waals surface area (Å²) in [6, 6.07) is 8.98. The first kappa shape index (κ1) is 12.6. The number of benzene rings is 1. The third-order valence-corrected chi connectivity index (χ3v) is 1.44. The third kappa shape index (κ3) is 7.22. The molecule has 0 bridgehead atoms. The average molecular weight is 193 g/mol. The number of unbranched alkanes of at least 4 members (excludes halogenated alkanes) is 1. The van der Waals surface area contributed by atoms with Gasteiger partial charge in [0.15, 0.2) is 0 Å². The van der Waals surface area contributed by atoms with Gasteiger partial charge in [-0.15, -0.1) is 0 Å². The van der Waals surface area contributed by atoms with E-state index in [9.17, 15) is 4.79 Å². The lowest BCUT2D eigenvalue weighted by atomic mass is 10.3. The molecule has 0 aliphatic carbocycles. The van der Waals surface area contributed by atoms with Gasteiger partial charge in [0.2, 0.25) is 6.08 Å². The van der Waals surface area contributed by atoms with Gasteiger partial charge in [0, 0.05) is 6.61 Å². The van der Waals surface area contributed by atoms with Crippen molar-refractivity contribution in [1.82, 2.24) is 0 Å². The highest BCUT2D eigenvalue weighted by molar-refractivity contribution is 5.47. The molecule has 0 saturated carbocycles. The van der Waals surface area contributed by atoms with Crippen LogP contribution in [0.25, 0.3) is 0 Å². The van der Waals surface area contributed by atoms with Crippen LogP contribution in [0.15, 0.2) is 35.3 Å². The molecule has 0 amide bonds. The molecule has 0 unspecified atom stereocenters. The first-order valence-corrected chi connectivity index (χ1v) is 4.59. The molecule has 3 nitrogen and oxygen atoms in total. The highest BCUT2D eigenvalue weighted by Gasteiger charge is 1.80. The van der Waals surface area contributed by atoms with Gasteiger partial charge < -0.3 is 5.11 Å². The molecule has 0 atom stereocenters. The van der Waals surface area contributed by atoms with Crippen LogP contribution in [-0.4, -0.2) is 17.8 Å². The second-order valence-corrected chi connectivity index (χ2v) is 2.62. The SMILES string of the molecule is CCCCO.O=C=Nc1ccccc1. The Morgan fingerprint density at radius 3 is 2.36 bits per heavy atom. The van der Waals surface area contributed by atoms with Gasteiger partial charge in [-0.25, -0.2) is 4.79 Å². The topological polar surface area (TPSA) is 49.7 Å². The maximum atomic E-state index is 9.68. The number of rotatable bonds is 3. The summed E-state index contributed by atoms with van der Waals surface area (Å²) in [5.74, 6) is 0. The van der Waals surface area contributed by atoms with Crippen molar-refractivity contribution in [2.75, 3.05) is 6.61 Å². The molecule has 0 saturated heterocycles. The van der Waals surface area contributed by atoms with Crippen LogP contribution in [0, 0.1) is 0 Å². The fourth-order valence-corrected chi connectivity index (χ4v) is 0.713. The van der Waals surface area contributed by atoms with Gasteiger partial charge in [-0.2, -0.15) is 4.99 Å². The number of isocyanates is 1. The molecule has 1 aromatic rings. The molecule has 1 N–H and O–H groups in total. The summed E-state index contributed by atoms with van der Waals surface area (Å²) in [5, 5.41) is 8.07. The first-order valence-electron chi connectivity index (χ1n) is 4.59. The molecule has 0 aliphatic rings. The lowest BCUT2D eigenvalue weighted by Gasteiger charge is -1.83. The minimum absolute atomic E-state index is 0.344. The molecule has 76 valence electrons. The average Bonchev–Trinajstić information content (AvgIpc) is 2.22. The van der Waals surface area contributed by atoms with Gasteiger partial charge in [-0.3, -0.25) is 0 Å². The summed E-state index contributed by atoms with van der Waals surface area (Å²) < 4.78 is 0. The second kappa shape index (κ2) is 9.65. The van der Waals surface area contributed by atoms with Crippen molar-refractivity contribution >= 4 is 11.8 Å². The van der Waals surface area contributed by atoms with Crippen LogP contribution in [-0.2, 0) is 4.79 Å². The van der Waals surface area contributed by atoms with E-state index in [1.807, 2.05) is 18.2 Å². The zero-order chi connectivity index (χ0) is 10.6. The van der Waals surface area contributed by atoms with E-state index in [0.29, 0.717) is 12.3 Å². The van der Waals surface area contributed by atoms with Gasteiger partial charge in [-0.05, 0) is 18.6 Å². The van der Waals surface area contributed by atoms with Gasteiger partial charge in [0.05, 0.1) is 5.69 Å². The fourth-order valence-electron chi connectivity index (χ4n) is 0.713. The molecule has 0 aromatic heterocycles. The minimum Gasteiger partial charge on any atom is -0.396 e. The maximum Gasteiger partial charge on any atom is 0.240 e. The Labute approximate surface area is 84.1 Å². The molecule has 14 heavy (non-hydrogen) atoms. The van der Waals surface area contributed by atoms with E-state index >= 15 is 0 Å². The Morgan fingerprint density at radius 2 is 2.00 bits per heavy atom. The molecule has 1 aromatic carbocycles. The number of hydrogen-bond donors (Lipinski definition) is 1. The van der Waals surface area contributed by atoms with Gasteiger partial charge >= 0.3 is 0 Å². The van der Waals surface area contributed by atoms with E-state index in [2.05, 4.69) is 11.9 Å². The summed E-state index contributed by atoms with van der Waals surface area (Å²) in [6.07, 6.45) is 3.50. The van der Waals surface area contributed by atoms with Crippen LogP contribution in [0.4, 0.5) is 5.69 Å². The Hall–Kier alpha value is -1.44. The largest absolute Gasteiger partial charge is 0.396 e. The number of nitrogens with zero attached hydrogens (tertiary/aromatic N) is 1. The summed E-state index contributed by atoms with van der Waals surface area (Å²) in [4.78, 5) is 13.1. The molecular formula is C11H15NO2. The van der Waals surface area contributed by atoms with Crippen LogP contribution in [0.3, 0.4) is 0 Å². The third-order valence-electron chi connectivity index (χ3n) is 1.44. The Bertz CT molecular complexity index is 264. The molecule has 0 fully saturated rings. The van der Waals surface area contributed by atoms with Gasteiger partial charge in [0.1, 0.15) is 0 Å². The second-order valence-electron chi connectivity index (χ2n) is 2.62. The molecule has 1 rings (SSSR count). The highest BCUT2D eigenvalue weighted by atomic mass is 16.2. The Morgan fingerprint density at radius 1 is 1.36 bits per heavy atom. The maximum absolute atomic E-state index is 9.68. The number of carbonyl (C=O) groups excluding carboxylic acids is 1.